The number of alkyl carbamates (subject to hydrolysis) is 1. The normalized spacial score (nSPS) is 12.4. The molecule has 2 N–H and O–H groups in total. The highest BCUT2D eigenvalue weighted by Gasteiger charge is 2.22. The maximum atomic E-state index is 11.7. The Morgan fingerprint density at radius 2 is 1.48 bits per heavy atom. The van der Waals surface area contributed by atoms with Crippen molar-refractivity contribution in [3.63, 3.8) is 0 Å². The molecule has 0 aromatic carbocycles. The number of hydrogen-bond donors (Lipinski definition) is 2. The average Bonchev–Trinajstić information content (AvgIpc) is 2.22. The molecule has 2 amide bonds. The van der Waals surface area contributed by atoms with Crippen LogP contribution >= 0.6 is 0 Å². The highest BCUT2D eigenvalue weighted by atomic mass is 16.6. The van der Waals surface area contributed by atoms with Crippen LogP contribution in [0.4, 0.5) is 9.59 Å². The lowest BCUT2D eigenvalue weighted by molar-refractivity contribution is -0.134. The molecule has 0 aliphatic carbocycles. The van der Waals surface area contributed by atoms with Crippen molar-refractivity contribution in [2.75, 3.05) is 13.6 Å². The quantitative estimate of drug-likeness (QED) is 0.341. The molecule has 9 heteroatoms. The van der Waals surface area contributed by atoms with Crippen molar-refractivity contribution >= 4 is 24.2 Å². The van der Waals surface area contributed by atoms with E-state index in [-0.39, 0.29) is 6.54 Å². The average molecular weight is 331 g/mol. The summed E-state index contributed by atoms with van der Waals surface area (Å²) in [6.45, 7) is 9.78. The number of ether oxygens (including phenoxy) is 3. The van der Waals surface area contributed by atoms with Crippen LogP contribution in [0.2, 0.25) is 0 Å². The van der Waals surface area contributed by atoms with Gasteiger partial charge in [-0.1, -0.05) is 0 Å². The largest absolute Gasteiger partial charge is 0.443 e. The number of nitrogens with zero attached hydrogens (tertiary/aromatic N) is 1. The number of hydrogen-bond acceptors (Lipinski definition) is 7. The lowest BCUT2D eigenvalue weighted by atomic mass is 10.2. The van der Waals surface area contributed by atoms with E-state index in [1.54, 1.807) is 41.5 Å². The number of likely N-dealkylation sites (N-methyl/N-ethyl adjacent to an activating group) is 1. The Bertz CT molecular complexity index is 474. The van der Waals surface area contributed by atoms with Crippen LogP contribution in [0.15, 0.2) is 4.99 Å². The van der Waals surface area contributed by atoms with Crippen LogP contribution in [0, 0.1) is 0 Å². The number of carbonyl (C=O) groups excluding carboxylic acids is 3. The first-order valence-electron chi connectivity index (χ1n) is 6.99. The van der Waals surface area contributed by atoms with Crippen LogP contribution in [-0.2, 0) is 19.0 Å². The number of carbonyl (C=O) groups is 3. The Hall–Kier alpha value is -2.16. The van der Waals surface area contributed by atoms with Crippen molar-refractivity contribution in [1.82, 2.24) is 10.6 Å². The van der Waals surface area contributed by atoms with Gasteiger partial charge in [0.15, 0.2) is 0 Å². The van der Waals surface area contributed by atoms with Gasteiger partial charge in [-0.15, -0.1) is 4.99 Å². The van der Waals surface area contributed by atoms with Gasteiger partial charge in [0.25, 0.3) is 0 Å². The minimum absolute atomic E-state index is 0.136. The Balaban J connectivity index is 5.04. The smallest absolute Gasteiger partial charge is 0.438 e. The summed E-state index contributed by atoms with van der Waals surface area (Å²) in [7, 11) is 1.53. The summed E-state index contributed by atoms with van der Waals surface area (Å²) >= 11 is 0. The second-order valence-electron chi connectivity index (χ2n) is 6.53. The summed E-state index contributed by atoms with van der Waals surface area (Å²) in [6, 6.07) is -0.617. The monoisotopic (exact) mass is 331 g/mol. The van der Waals surface area contributed by atoms with Crippen LogP contribution in [0.3, 0.4) is 0 Å². The summed E-state index contributed by atoms with van der Waals surface area (Å²) in [5.74, 6) is -0.745. The van der Waals surface area contributed by atoms with Crippen molar-refractivity contribution in [3.05, 3.63) is 0 Å². The van der Waals surface area contributed by atoms with Gasteiger partial charge in [-0.2, -0.15) is 0 Å². The zero-order valence-corrected chi connectivity index (χ0v) is 14.6. The predicted molar refractivity (Wildman–Crippen MR) is 83.1 cm³/mol. The first-order valence-corrected chi connectivity index (χ1v) is 6.99. The lowest BCUT2D eigenvalue weighted by Crippen LogP contribution is -2.40. The summed E-state index contributed by atoms with van der Waals surface area (Å²) in [4.78, 5) is 38.3. The molecule has 0 aromatic heterocycles. The molecule has 132 valence electrons. The molecule has 9 nitrogen and oxygen atoms in total. The SMILES string of the molecule is CNCC(=O)O/C(=N/C(=O)OC(C)(C)C)NC(=O)OC(C)(C)C. The van der Waals surface area contributed by atoms with E-state index >= 15 is 0 Å². The van der Waals surface area contributed by atoms with Gasteiger partial charge in [-0.3, -0.25) is 4.79 Å². The van der Waals surface area contributed by atoms with E-state index in [1.807, 2.05) is 0 Å². The van der Waals surface area contributed by atoms with Gasteiger partial charge in [-0.05, 0) is 48.6 Å². The fraction of sp³-hybridized carbons (Fsp3) is 0.714. The molecule has 0 saturated carbocycles. The maximum Gasteiger partial charge on any atom is 0.438 e. The van der Waals surface area contributed by atoms with Crippen molar-refractivity contribution in [3.8, 4) is 0 Å². The maximum absolute atomic E-state index is 11.7. The standard InChI is InChI=1S/C14H25N3O6/c1-13(2,3)22-11(19)16-10(21-9(18)8-15-7)17-12(20)23-14(4,5)6/h15H,8H2,1-7H3,(H,16,17,19,20). The highest BCUT2D eigenvalue weighted by molar-refractivity contribution is 6.00. The minimum Gasteiger partial charge on any atom is -0.443 e. The van der Waals surface area contributed by atoms with E-state index in [1.165, 1.54) is 7.05 Å². The molecule has 0 rings (SSSR count). The second kappa shape index (κ2) is 8.47. The lowest BCUT2D eigenvalue weighted by Gasteiger charge is -2.20. The summed E-state index contributed by atoms with van der Waals surface area (Å²) in [5.41, 5.74) is -1.55. The molecule has 0 aliphatic rings. The fourth-order valence-electron chi connectivity index (χ4n) is 1.12. The molecule has 0 heterocycles. The Kier molecular flexibility index (Phi) is 7.67. The molecular formula is C14H25N3O6. The summed E-state index contributed by atoms with van der Waals surface area (Å²) in [6.07, 6.45) is -1.93. The zero-order valence-electron chi connectivity index (χ0n) is 14.6. The molecule has 0 saturated heterocycles. The van der Waals surface area contributed by atoms with Gasteiger partial charge in [-0.25, -0.2) is 14.9 Å². The van der Waals surface area contributed by atoms with E-state index in [0.29, 0.717) is 0 Å². The number of aliphatic imine (C=N–C) groups is 1. The number of nitrogens with one attached hydrogen (secondary N) is 2. The van der Waals surface area contributed by atoms with Crippen LogP contribution < -0.4 is 10.6 Å². The van der Waals surface area contributed by atoms with Gasteiger partial charge in [0.1, 0.15) is 11.2 Å². The molecule has 0 bridgehead atoms. The molecule has 0 unspecified atom stereocenters. The molecular weight excluding hydrogens is 306 g/mol. The molecule has 0 fully saturated rings. The van der Waals surface area contributed by atoms with Gasteiger partial charge in [0.2, 0.25) is 0 Å². The first-order chi connectivity index (χ1) is 10.3. The van der Waals surface area contributed by atoms with E-state index in [0.717, 1.165) is 0 Å². The van der Waals surface area contributed by atoms with Crippen LogP contribution in [0.25, 0.3) is 0 Å². The first kappa shape index (κ1) is 20.8. The Morgan fingerprint density at radius 1 is 0.957 bits per heavy atom. The molecule has 23 heavy (non-hydrogen) atoms. The van der Waals surface area contributed by atoms with Gasteiger partial charge >= 0.3 is 24.2 Å². The van der Waals surface area contributed by atoms with Crippen molar-refractivity contribution < 1.29 is 28.6 Å². The van der Waals surface area contributed by atoms with E-state index in [9.17, 15) is 14.4 Å². The van der Waals surface area contributed by atoms with Gasteiger partial charge in [0, 0.05) is 0 Å². The van der Waals surface area contributed by atoms with Crippen molar-refractivity contribution in [1.29, 1.82) is 0 Å². The van der Waals surface area contributed by atoms with E-state index < -0.39 is 35.4 Å². The molecule has 0 aromatic rings. The third kappa shape index (κ3) is 12.1. The van der Waals surface area contributed by atoms with Gasteiger partial charge < -0.3 is 19.5 Å². The molecule has 0 spiro atoms. The Morgan fingerprint density at radius 3 is 1.91 bits per heavy atom. The van der Waals surface area contributed by atoms with E-state index in [2.05, 4.69) is 15.6 Å². The minimum atomic E-state index is -1.01. The predicted octanol–water partition coefficient (Wildman–Crippen LogP) is 1.56. The topological polar surface area (TPSA) is 115 Å². The number of amidine groups is 1. The zero-order chi connectivity index (χ0) is 18.3. The van der Waals surface area contributed by atoms with Crippen LogP contribution in [0.1, 0.15) is 41.5 Å². The second-order valence-corrected chi connectivity index (χ2v) is 6.53. The number of rotatable bonds is 2. The number of esters is 1. The summed E-state index contributed by atoms with van der Waals surface area (Å²) < 4.78 is 14.8. The van der Waals surface area contributed by atoms with Gasteiger partial charge in [0.05, 0.1) is 6.54 Å². The molecule has 0 atom stereocenters. The van der Waals surface area contributed by atoms with Crippen LogP contribution in [0.5, 0.6) is 0 Å². The molecule has 0 aliphatic heterocycles. The van der Waals surface area contributed by atoms with Crippen LogP contribution in [-0.4, -0.2) is 49.0 Å². The third-order valence-corrected chi connectivity index (χ3v) is 1.73. The van der Waals surface area contributed by atoms with Crippen molar-refractivity contribution in [2.24, 2.45) is 4.99 Å². The van der Waals surface area contributed by atoms with E-state index in [4.69, 9.17) is 14.2 Å². The third-order valence-electron chi connectivity index (χ3n) is 1.73. The molecule has 0 radical (unpaired) electrons. The highest BCUT2D eigenvalue weighted by Crippen LogP contribution is 2.09. The number of amides is 2. The van der Waals surface area contributed by atoms with Crippen molar-refractivity contribution in [2.45, 2.75) is 52.7 Å². The summed E-state index contributed by atoms with van der Waals surface area (Å²) in [5, 5.41) is 4.66. The Labute approximate surface area is 135 Å². The fourth-order valence-corrected chi connectivity index (χ4v) is 1.12.